The lowest BCUT2D eigenvalue weighted by atomic mass is 10.1. The third-order valence-corrected chi connectivity index (χ3v) is 6.38. The van der Waals surface area contributed by atoms with E-state index in [1.54, 1.807) is 37.0 Å². The van der Waals surface area contributed by atoms with E-state index in [9.17, 15) is 14.4 Å². The number of alkyl carbamates (subject to hydrolysis) is 1. The van der Waals surface area contributed by atoms with Gasteiger partial charge in [-0.1, -0.05) is 30.3 Å². The smallest absolute Gasteiger partial charge is 0.407 e. The Labute approximate surface area is 238 Å². The molecule has 41 heavy (non-hydrogen) atoms. The predicted octanol–water partition coefficient (Wildman–Crippen LogP) is 3.84. The zero-order valence-electron chi connectivity index (χ0n) is 23.9. The second-order valence-corrected chi connectivity index (χ2v) is 9.62. The van der Waals surface area contributed by atoms with Gasteiger partial charge in [0.1, 0.15) is 23.6 Å². The SMILES string of the molecule is CCn1nc(C)cc1C(=O)Nc1nc2cc(C(=O)N(C)C)cc(OC)c2n1CCCNC(=O)OCc1ccccc1. The van der Waals surface area contributed by atoms with Gasteiger partial charge in [0.05, 0.1) is 18.3 Å². The highest BCUT2D eigenvalue weighted by atomic mass is 16.5. The van der Waals surface area contributed by atoms with Crippen LogP contribution in [-0.4, -0.2) is 69.9 Å². The number of nitrogens with one attached hydrogen (secondary N) is 2. The Morgan fingerprint density at radius 2 is 1.83 bits per heavy atom. The minimum Gasteiger partial charge on any atom is -0.494 e. The molecule has 0 unspecified atom stereocenters. The second-order valence-electron chi connectivity index (χ2n) is 9.62. The number of fused-ring (bicyclic) bond motifs is 1. The lowest BCUT2D eigenvalue weighted by Gasteiger charge is -2.14. The Morgan fingerprint density at radius 1 is 1.07 bits per heavy atom. The predicted molar refractivity (Wildman–Crippen MR) is 154 cm³/mol. The number of hydrogen-bond acceptors (Lipinski definition) is 7. The minimum absolute atomic E-state index is 0.175. The van der Waals surface area contributed by atoms with Crippen LogP contribution in [0.5, 0.6) is 5.75 Å². The number of ether oxygens (including phenoxy) is 2. The monoisotopic (exact) mass is 561 g/mol. The van der Waals surface area contributed by atoms with E-state index < -0.39 is 6.09 Å². The molecule has 4 aromatic rings. The van der Waals surface area contributed by atoms with E-state index >= 15 is 0 Å². The first-order valence-electron chi connectivity index (χ1n) is 13.3. The van der Waals surface area contributed by atoms with Gasteiger partial charge in [-0.05, 0) is 44.0 Å². The van der Waals surface area contributed by atoms with Gasteiger partial charge in [-0.2, -0.15) is 5.10 Å². The number of hydrogen-bond donors (Lipinski definition) is 2. The van der Waals surface area contributed by atoms with E-state index in [4.69, 9.17) is 9.47 Å². The number of carbonyl (C=O) groups is 3. The molecule has 0 fully saturated rings. The van der Waals surface area contributed by atoms with Gasteiger partial charge in [0.25, 0.3) is 11.8 Å². The molecular weight excluding hydrogens is 526 g/mol. The van der Waals surface area contributed by atoms with Crippen LogP contribution >= 0.6 is 0 Å². The quantitative estimate of drug-likeness (QED) is 0.266. The average Bonchev–Trinajstić information content (AvgIpc) is 3.53. The number of imidazole rings is 1. The number of carbonyl (C=O) groups excluding carboxylic acids is 3. The van der Waals surface area contributed by atoms with Crippen molar-refractivity contribution in [2.24, 2.45) is 0 Å². The van der Waals surface area contributed by atoms with Gasteiger partial charge in [-0.25, -0.2) is 9.78 Å². The average molecular weight is 562 g/mol. The van der Waals surface area contributed by atoms with Crippen LogP contribution in [0.1, 0.15) is 45.4 Å². The largest absolute Gasteiger partial charge is 0.494 e. The molecule has 2 N–H and O–H groups in total. The summed E-state index contributed by atoms with van der Waals surface area (Å²) in [5.41, 5.74) is 3.53. The fourth-order valence-corrected chi connectivity index (χ4v) is 4.42. The zero-order valence-corrected chi connectivity index (χ0v) is 23.9. The number of anilines is 1. The van der Waals surface area contributed by atoms with Crippen molar-refractivity contribution in [3.8, 4) is 5.75 Å². The summed E-state index contributed by atoms with van der Waals surface area (Å²) in [6, 6.07) is 14.5. The van der Waals surface area contributed by atoms with Crippen molar-refractivity contribution < 1.29 is 23.9 Å². The van der Waals surface area contributed by atoms with Gasteiger partial charge in [-0.3, -0.25) is 19.6 Å². The molecule has 216 valence electrons. The number of aryl methyl sites for hydroxylation is 3. The molecule has 12 heteroatoms. The first-order chi connectivity index (χ1) is 19.7. The van der Waals surface area contributed by atoms with Crippen LogP contribution < -0.4 is 15.4 Å². The minimum atomic E-state index is -0.523. The Morgan fingerprint density at radius 3 is 2.51 bits per heavy atom. The fraction of sp³-hybridized carbons (Fsp3) is 0.345. The summed E-state index contributed by atoms with van der Waals surface area (Å²) >= 11 is 0. The molecule has 0 radical (unpaired) electrons. The van der Waals surface area contributed by atoms with Gasteiger partial charge in [0.15, 0.2) is 0 Å². The van der Waals surface area contributed by atoms with Crippen molar-refractivity contribution >= 4 is 34.9 Å². The summed E-state index contributed by atoms with van der Waals surface area (Å²) in [7, 11) is 4.85. The molecule has 2 heterocycles. The molecule has 0 saturated heterocycles. The number of nitrogens with zero attached hydrogens (tertiary/aromatic N) is 5. The lowest BCUT2D eigenvalue weighted by Crippen LogP contribution is -2.26. The van der Waals surface area contributed by atoms with Crippen LogP contribution in [0.2, 0.25) is 0 Å². The molecule has 0 bridgehead atoms. The lowest BCUT2D eigenvalue weighted by molar-refractivity contribution is 0.0827. The highest BCUT2D eigenvalue weighted by molar-refractivity contribution is 6.04. The maximum Gasteiger partial charge on any atom is 0.407 e. The summed E-state index contributed by atoms with van der Waals surface area (Å²) in [6.45, 7) is 5.14. The number of methoxy groups -OCH3 is 1. The number of amides is 3. The molecular formula is C29H35N7O5. The molecule has 2 aromatic carbocycles. The van der Waals surface area contributed by atoms with Crippen molar-refractivity contribution in [1.29, 1.82) is 0 Å². The van der Waals surface area contributed by atoms with Gasteiger partial charge < -0.3 is 24.3 Å². The topological polar surface area (TPSA) is 133 Å². The van der Waals surface area contributed by atoms with E-state index in [0.717, 1.165) is 11.3 Å². The van der Waals surface area contributed by atoms with Crippen LogP contribution in [-0.2, 0) is 24.4 Å². The number of benzene rings is 2. The maximum atomic E-state index is 13.3. The zero-order chi connectivity index (χ0) is 29.5. The Bertz CT molecular complexity index is 1540. The third kappa shape index (κ3) is 6.83. The van der Waals surface area contributed by atoms with Gasteiger partial charge in [0, 0.05) is 39.3 Å². The molecule has 0 aliphatic heterocycles. The highest BCUT2D eigenvalue weighted by Gasteiger charge is 2.22. The van der Waals surface area contributed by atoms with Crippen LogP contribution in [0.4, 0.5) is 10.7 Å². The Kier molecular flexibility index (Phi) is 9.23. The van der Waals surface area contributed by atoms with E-state index in [1.807, 2.05) is 48.7 Å². The number of rotatable bonds is 11. The van der Waals surface area contributed by atoms with Crippen LogP contribution in [0.25, 0.3) is 11.0 Å². The van der Waals surface area contributed by atoms with Crippen LogP contribution in [0.15, 0.2) is 48.5 Å². The molecule has 3 amide bonds. The summed E-state index contributed by atoms with van der Waals surface area (Å²) in [6.07, 6.45) is -0.0204. The molecule has 12 nitrogen and oxygen atoms in total. The molecule has 4 rings (SSSR count). The van der Waals surface area contributed by atoms with E-state index in [2.05, 4.69) is 20.7 Å². The summed E-state index contributed by atoms with van der Waals surface area (Å²) < 4.78 is 14.4. The third-order valence-electron chi connectivity index (χ3n) is 6.38. The molecule has 0 saturated carbocycles. The van der Waals surface area contributed by atoms with E-state index in [-0.39, 0.29) is 24.4 Å². The standard InChI is InChI=1S/C29H35N7O5/c1-6-36-23(15-19(2)33-36)26(37)32-28-31-22-16-21(27(38)34(3)4)17-24(40-5)25(22)35(28)14-10-13-30-29(39)41-18-20-11-8-7-9-12-20/h7-9,11-12,15-17H,6,10,13-14,18H2,1-5H3,(H,30,39)(H,31,32,37). The summed E-state index contributed by atoms with van der Waals surface area (Å²) in [5, 5.41) is 10.0. The first kappa shape index (κ1) is 29.1. The highest BCUT2D eigenvalue weighted by Crippen LogP contribution is 2.31. The van der Waals surface area contributed by atoms with Crippen molar-refractivity contribution in [3.05, 3.63) is 71.0 Å². The molecule has 0 atom stereocenters. The van der Waals surface area contributed by atoms with E-state index in [1.165, 1.54) is 12.0 Å². The van der Waals surface area contributed by atoms with Crippen molar-refractivity contribution in [2.75, 3.05) is 33.1 Å². The maximum absolute atomic E-state index is 13.3. The molecule has 0 aliphatic carbocycles. The Balaban J connectivity index is 1.56. The van der Waals surface area contributed by atoms with Crippen LogP contribution in [0, 0.1) is 6.92 Å². The first-order valence-corrected chi connectivity index (χ1v) is 13.3. The number of aromatic nitrogens is 4. The van der Waals surface area contributed by atoms with Crippen molar-refractivity contribution in [2.45, 2.75) is 40.0 Å². The van der Waals surface area contributed by atoms with E-state index in [0.29, 0.717) is 54.1 Å². The second kappa shape index (κ2) is 13.0. The summed E-state index contributed by atoms with van der Waals surface area (Å²) in [5.74, 6) is 0.150. The molecule has 0 spiro atoms. The van der Waals surface area contributed by atoms with Crippen molar-refractivity contribution in [3.63, 3.8) is 0 Å². The summed E-state index contributed by atoms with van der Waals surface area (Å²) in [4.78, 5) is 44.3. The Hall–Kier alpha value is -4.87. The van der Waals surface area contributed by atoms with Crippen molar-refractivity contribution in [1.82, 2.24) is 29.5 Å². The van der Waals surface area contributed by atoms with Gasteiger partial charge in [0.2, 0.25) is 5.95 Å². The fourth-order valence-electron chi connectivity index (χ4n) is 4.42. The molecule has 0 aliphatic rings. The molecule has 2 aromatic heterocycles. The van der Waals surface area contributed by atoms with Crippen LogP contribution in [0.3, 0.4) is 0 Å². The van der Waals surface area contributed by atoms with Gasteiger partial charge in [-0.15, -0.1) is 0 Å². The normalized spacial score (nSPS) is 10.9. The van der Waals surface area contributed by atoms with Gasteiger partial charge >= 0.3 is 6.09 Å².